The van der Waals surface area contributed by atoms with Crippen LogP contribution in [0.3, 0.4) is 0 Å². The predicted octanol–water partition coefficient (Wildman–Crippen LogP) is 3.32. The van der Waals surface area contributed by atoms with Gasteiger partial charge in [-0.3, -0.25) is 4.79 Å². The molecule has 2 aromatic heterocycles. The van der Waals surface area contributed by atoms with E-state index < -0.39 is 0 Å². The molecule has 3 aromatic rings. The van der Waals surface area contributed by atoms with Gasteiger partial charge in [0.1, 0.15) is 11.5 Å². The van der Waals surface area contributed by atoms with Crippen LogP contribution < -0.4 is 4.74 Å². The van der Waals surface area contributed by atoms with Crippen molar-refractivity contribution in [2.45, 2.75) is 25.2 Å². The highest BCUT2D eigenvalue weighted by Gasteiger charge is 2.16. The third-order valence-electron chi connectivity index (χ3n) is 4.10. The Labute approximate surface area is 162 Å². The number of hydrogen-bond donors (Lipinski definition) is 0. The Morgan fingerprint density at radius 2 is 2.04 bits per heavy atom. The number of carbonyl (C=O) groups is 1. The van der Waals surface area contributed by atoms with Gasteiger partial charge in [-0.25, -0.2) is 0 Å². The average Bonchev–Trinajstić information content (AvgIpc) is 3.35. The summed E-state index contributed by atoms with van der Waals surface area (Å²) in [6.45, 7) is 3.20. The van der Waals surface area contributed by atoms with Crippen molar-refractivity contribution in [1.29, 1.82) is 0 Å². The Hall–Kier alpha value is -2.74. The first-order valence-corrected chi connectivity index (χ1v) is 9.57. The van der Waals surface area contributed by atoms with Gasteiger partial charge in [0.15, 0.2) is 11.0 Å². The van der Waals surface area contributed by atoms with Gasteiger partial charge in [-0.15, -0.1) is 10.2 Å². The monoisotopic (exact) mass is 386 g/mol. The van der Waals surface area contributed by atoms with Gasteiger partial charge < -0.3 is 18.6 Å². The smallest absolute Gasteiger partial charge is 0.233 e. The highest BCUT2D eigenvalue weighted by molar-refractivity contribution is 7.99. The fourth-order valence-corrected chi connectivity index (χ4v) is 3.54. The molecule has 0 aliphatic heterocycles. The van der Waals surface area contributed by atoms with Gasteiger partial charge in [-0.2, -0.15) is 0 Å². The molecule has 8 heteroatoms. The van der Waals surface area contributed by atoms with Crippen LogP contribution >= 0.6 is 11.8 Å². The van der Waals surface area contributed by atoms with Gasteiger partial charge in [0.2, 0.25) is 5.91 Å². The standard InChI is InChI=1S/C19H22N4O3S/c1-4-23-18(14-7-9-15(25-3)10-8-14)20-21-19(23)27-13-17(24)22(2)12-16-6-5-11-26-16/h5-11H,4,12-13H2,1-3H3. The maximum absolute atomic E-state index is 12.4. The molecule has 142 valence electrons. The minimum atomic E-state index is 0.00745. The van der Waals surface area contributed by atoms with Crippen LogP contribution in [0.4, 0.5) is 0 Å². The van der Waals surface area contributed by atoms with E-state index >= 15 is 0 Å². The first kappa shape index (κ1) is 19.0. The second kappa shape index (κ2) is 8.77. The first-order valence-electron chi connectivity index (χ1n) is 8.59. The molecule has 0 atom stereocenters. The van der Waals surface area contributed by atoms with E-state index in [-0.39, 0.29) is 11.7 Å². The first-order chi connectivity index (χ1) is 13.1. The number of aromatic nitrogens is 3. The Morgan fingerprint density at radius 1 is 1.26 bits per heavy atom. The number of amides is 1. The van der Waals surface area contributed by atoms with Crippen molar-refractivity contribution in [1.82, 2.24) is 19.7 Å². The van der Waals surface area contributed by atoms with Gasteiger partial charge in [-0.1, -0.05) is 11.8 Å². The van der Waals surface area contributed by atoms with Crippen molar-refractivity contribution in [3.63, 3.8) is 0 Å². The molecule has 2 heterocycles. The fraction of sp³-hybridized carbons (Fsp3) is 0.316. The van der Waals surface area contributed by atoms with Crippen LogP contribution in [-0.4, -0.2) is 45.5 Å². The highest BCUT2D eigenvalue weighted by atomic mass is 32.2. The fourth-order valence-electron chi connectivity index (χ4n) is 2.60. The lowest BCUT2D eigenvalue weighted by Crippen LogP contribution is -2.27. The Morgan fingerprint density at radius 3 is 2.67 bits per heavy atom. The predicted molar refractivity (Wildman–Crippen MR) is 104 cm³/mol. The molecule has 0 spiro atoms. The number of furan rings is 1. The molecule has 0 radical (unpaired) electrons. The number of rotatable bonds is 8. The summed E-state index contributed by atoms with van der Waals surface area (Å²) in [5, 5.41) is 9.30. The van der Waals surface area contributed by atoms with Crippen LogP contribution in [0, 0.1) is 0 Å². The molecule has 27 heavy (non-hydrogen) atoms. The van der Waals surface area contributed by atoms with E-state index in [1.807, 2.05) is 47.9 Å². The molecule has 1 amide bonds. The zero-order chi connectivity index (χ0) is 19.2. The van der Waals surface area contributed by atoms with E-state index in [0.717, 1.165) is 28.1 Å². The van der Waals surface area contributed by atoms with E-state index in [1.165, 1.54) is 11.8 Å². The number of benzene rings is 1. The zero-order valence-corrected chi connectivity index (χ0v) is 16.4. The largest absolute Gasteiger partial charge is 0.497 e. The Balaban J connectivity index is 1.66. The summed E-state index contributed by atoms with van der Waals surface area (Å²) in [6.07, 6.45) is 1.60. The van der Waals surface area contributed by atoms with Crippen molar-refractivity contribution in [3.05, 3.63) is 48.4 Å². The molecule has 0 fully saturated rings. The molecular formula is C19H22N4O3S. The molecule has 1 aromatic carbocycles. The van der Waals surface area contributed by atoms with Crippen molar-refractivity contribution in [2.24, 2.45) is 0 Å². The maximum atomic E-state index is 12.4. The highest BCUT2D eigenvalue weighted by Crippen LogP contribution is 2.25. The number of ether oxygens (including phenoxy) is 1. The molecular weight excluding hydrogens is 364 g/mol. The second-order valence-electron chi connectivity index (χ2n) is 5.90. The molecule has 3 rings (SSSR count). The Kier molecular flexibility index (Phi) is 6.18. The lowest BCUT2D eigenvalue weighted by atomic mass is 10.2. The molecule has 0 saturated carbocycles. The molecule has 0 bridgehead atoms. The molecule has 7 nitrogen and oxygen atoms in total. The van der Waals surface area contributed by atoms with Crippen LogP contribution in [0.5, 0.6) is 5.75 Å². The zero-order valence-electron chi connectivity index (χ0n) is 15.6. The summed E-state index contributed by atoms with van der Waals surface area (Å²) in [5.41, 5.74) is 0.957. The van der Waals surface area contributed by atoms with Crippen LogP contribution in [-0.2, 0) is 17.9 Å². The number of hydrogen-bond acceptors (Lipinski definition) is 6. The third-order valence-corrected chi connectivity index (χ3v) is 5.06. The normalized spacial score (nSPS) is 10.8. The second-order valence-corrected chi connectivity index (χ2v) is 6.84. The van der Waals surface area contributed by atoms with Crippen LogP contribution in [0.1, 0.15) is 12.7 Å². The summed E-state index contributed by atoms with van der Waals surface area (Å²) in [4.78, 5) is 14.0. The number of methoxy groups -OCH3 is 1. The van der Waals surface area contributed by atoms with Gasteiger partial charge in [0.05, 0.1) is 25.7 Å². The minimum absolute atomic E-state index is 0.00745. The van der Waals surface area contributed by atoms with Crippen LogP contribution in [0.25, 0.3) is 11.4 Å². The summed E-state index contributed by atoms with van der Waals surface area (Å²) >= 11 is 1.39. The molecule has 0 saturated heterocycles. The lowest BCUT2D eigenvalue weighted by Gasteiger charge is -2.15. The maximum Gasteiger partial charge on any atom is 0.233 e. The minimum Gasteiger partial charge on any atom is -0.497 e. The van der Waals surface area contributed by atoms with E-state index in [9.17, 15) is 4.79 Å². The van der Waals surface area contributed by atoms with Crippen molar-refractivity contribution in [3.8, 4) is 17.1 Å². The molecule has 0 aliphatic carbocycles. The number of nitrogens with zero attached hydrogens (tertiary/aromatic N) is 4. The van der Waals surface area contributed by atoms with Gasteiger partial charge in [-0.05, 0) is 43.3 Å². The summed E-state index contributed by atoms with van der Waals surface area (Å²) in [6, 6.07) is 11.4. The van der Waals surface area contributed by atoms with E-state index in [1.54, 1.807) is 25.3 Å². The molecule has 0 aliphatic rings. The van der Waals surface area contributed by atoms with Crippen LogP contribution in [0.15, 0.2) is 52.2 Å². The van der Waals surface area contributed by atoms with Crippen molar-refractivity contribution < 1.29 is 13.9 Å². The number of carbonyl (C=O) groups excluding carboxylic acids is 1. The van der Waals surface area contributed by atoms with Crippen LogP contribution in [0.2, 0.25) is 0 Å². The SMILES string of the molecule is CCn1c(SCC(=O)N(C)Cc2ccco2)nnc1-c1ccc(OC)cc1. The summed E-state index contributed by atoms with van der Waals surface area (Å²) in [5.74, 6) is 2.63. The quantitative estimate of drug-likeness (QED) is 0.553. The lowest BCUT2D eigenvalue weighted by molar-refractivity contribution is -0.127. The van der Waals surface area contributed by atoms with Gasteiger partial charge in [0.25, 0.3) is 0 Å². The molecule has 0 unspecified atom stereocenters. The van der Waals surface area contributed by atoms with Crippen molar-refractivity contribution in [2.75, 3.05) is 19.9 Å². The van der Waals surface area contributed by atoms with Gasteiger partial charge in [0, 0.05) is 19.2 Å². The molecule has 0 N–H and O–H groups in total. The van der Waals surface area contributed by atoms with E-state index in [0.29, 0.717) is 13.1 Å². The summed E-state index contributed by atoms with van der Waals surface area (Å²) in [7, 11) is 3.40. The average molecular weight is 386 g/mol. The third kappa shape index (κ3) is 4.51. The Bertz CT molecular complexity index is 875. The van der Waals surface area contributed by atoms with Crippen molar-refractivity contribution >= 4 is 17.7 Å². The van der Waals surface area contributed by atoms with E-state index in [4.69, 9.17) is 9.15 Å². The topological polar surface area (TPSA) is 73.4 Å². The van der Waals surface area contributed by atoms with Gasteiger partial charge >= 0.3 is 0 Å². The summed E-state index contributed by atoms with van der Waals surface area (Å²) < 4.78 is 12.5. The van der Waals surface area contributed by atoms with E-state index in [2.05, 4.69) is 10.2 Å². The number of thioether (sulfide) groups is 1.